The lowest BCUT2D eigenvalue weighted by atomic mass is 10.2. The summed E-state index contributed by atoms with van der Waals surface area (Å²) >= 11 is 0. The maximum absolute atomic E-state index is 12.6. The SMILES string of the molecule is C[C@H](Oc1ccc2c(c1)OCO2)C(=O)N[C@H]1CCN(c2nccn3cnnc23)C1. The Morgan fingerprint density at radius 1 is 1.34 bits per heavy atom. The van der Waals surface area contributed by atoms with Crippen LogP contribution in [0.4, 0.5) is 5.82 Å². The number of hydrogen-bond donors (Lipinski definition) is 1. The molecule has 5 rings (SSSR count). The third kappa shape index (κ3) is 3.37. The van der Waals surface area contributed by atoms with Crippen molar-refractivity contribution in [3.8, 4) is 17.2 Å². The van der Waals surface area contributed by atoms with Crippen molar-refractivity contribution in [3.05, 3.63) is 36.9 Å². The molecule has 0 bridgehead atoms. The minimum atomic E-state index is -0.637. The number of ether oxygens (including phenoxy) is 3. The van der Waals surface area contributed by atoms with Crippen molar-refractivity contribution >= 4 is 17.4 Å². The standard InChI is InChI=1S/C19H20N6O4/c1-12(29-14-2-3-15-16(8-14)28-11-27-15)19(26)22-13-4-6-24(9-13)17-18-23-21-10-25(18)7-5-20-17/h2-3,5,7-8,10,12-13H,4,6,9,11H2,1H3,(H,22,26)/t12-,13-/m0/s1. The third-order valence-electron chi connectivity index (χ3n) is 5.06. The van der Waals surface area contributed by atoms with Crippen LogP contribution in [0.1, 0.15) is 13.3 Å². The van der Waals surface area contributed by atoms with E-state index in [0.717, 1.165) is 18.8 Å². The van der Waals surface area contributed by atoms with Gasteiger partial charge in [0.1, 0.15) is 12.1 Å². The van der Waals surface area contributed by atoms with Crippen LogP contribution in [0.5, 0.6) is 17.2 Å². The Bertz CT molecular complexity index is 1050. The molecule has 2 aromatic heterocycles. The minimum Gasteiger partial charge on any atom is -0.481 e. The number of nitrogens with zero attached hydrogens (tertiary/aromatic N) is 5. The van der Waals surface area contributed by atoms with Crippen LogP contribution in [0.25, 0.3) is 5.65 Å². The zero-order valence-electron chi connectivity index (χ0n) is 15.8. The molecule has 29 heavy (non-hydrogen) atoms. The predicted molar refractivity (Wildman–Crippen MR) is 102 cm³/mol. The summed E-state index contributed by atoms with van der Waals surface area (Å²) in [4.78, 5) is 19.1. The van der Waals surface area contributed by atoms with Crippen molar-refractivity contribution in [1.29, 1.82) is 0 Å². The first kappa shape index (κ1) is 17.5. The molecule has 2 aliphatic heterocycles. The number of aromatic nitrogens is 4. The summed E-state index contributed by atoms with van der Waals surface area (Å²) in [6, 6.07) is 5.28. The van der Waals surface area contributed by atoms with Gasteiger partial charge < -0.3 is 24.4 Å². The molecule has 1 aromatic carbocycles. The average molecular weight is 396 g/mol. The van der Waals surface area contributed by atoms with E-state index < -0.39 is 6.10 Å². The van der Waals surface area contributed by atoms with E-state index in [1.54, 1.807) is 37.6 Å². The lowest BCUT2D eigenvalue weighted by Gasteiger charge is -2.20. The molecule has 0 saturated carbocycles. The monoisotopic (exact) mass is 396 g/mol. The van der Waals surface area contributed by atoms with E-state index in [2.05, 4.69) is 25.4 Å². The Morgan fingerprint density at radius 2 is 2.24 bits per heavy atom. The van der Waals surface area contributed by atoms with Gasteiger partial charge in [-0.1, -0.05) is 0 Å². The molecule has 4 heterocycles. The summed E-state index contributed by atoms with van der Waals surface area (Å²) in [5.74, 6) is 2.47. The first-order valence-electron chi connectivity index (χ1n) is 9.43. The molecule has 1 N–H and O–H groups in total. The van der Waals surface area contributed by atoms with Crippen LogP contribution in [0.3, 0.4) is 0 Å². The van der Waals surface area contributed by atoms with Gasteiger partial charge in [0.15, 0.2) is 23.4 Å². The lowest BCUT2D eigenvalue weighted by Crippen LogP contribution is -2.43. The van der Waals surface area contributed by atoms with Crippen LogP contribution in [0.15, 0.2) is 36.9 Å². The number of carbonyl (C=O) groups excluding carboxylic acids is 1. The number of rotatable bonds is 5. The van der Waals surface area contributed by atoms with E-state index in [9.17, 15) is 4.79 Å². The van der Waals surface area contributed by atoms with Gasteiger partial charge >= 0.3 is 0 Å². The molecule has 2 aliphatic rings. The van der Waals surface area contributed by atoms with Crippen LogP contribution in [0, 0.1) is 0 Å². The predicted octanol–water partition coefficient (Wildman–Crippen LogP) is 1.02. The van der Waals surface area contributed by atoms with Gasteiger partial charge in [0.2, 0.25) is 12.4 Å². The molecular formula is C19H20N6O4. The van der Waals surface area contributed by atoms with Gasteiger partial charge in [0, 0.05) is 37.6 Å². The topological polar surface area (TPSA) is 103 Å². The van der Waals surface area contributed by atoms with Gasteiger partial charge in [-0.25, -0.2) is 4.98 Å². The number of hydrogen-bond acceptors (Lipinski definition) is 8. The fourth-order valence-corrected chi connectivity index (χ4v) is 3.57. The molecule has 10 heteroatoms. The van der Waals surface area contributed by atoms with Crippen molar-refractivity contribution < 1.29 is 19.0 Å². The number of fused-ring (bicyclic) bond motifs is 2. The van der Waals surface area contributed by atoms with E-state index in [1.807, 2.05) is 10.6 Å². The number of amides is 1. The Balaban J connectivity index is 1.19. The van der Waals surface area contributed by atoms with E-state index in [4.69, 9.17) is 14.2 Å². The first-order valence-corrected chi connectivity index (χ1v) is 9.43. The van der Waals surface area contributed by atoms with Gasteiger partial charge in [0.25, 0.3) is 5.91 Å². The highest BCUT2D eigenvalue weighted by atomic mass is 16.7. The molecule has 0 spiro atoms. The Labute approximate surface area is 166 Å². The summed E-state index contributed by atoms with van der Waals surface area (Å²) in [5, 5.41) is 11.1. The van der Waals surface area contributed by atoms with E-state index in [0.29, 0.717) is 29.4 Å². The molecule has 1 saturated heterocycles. The molecule has 0 aliphatic carbocycles. The number of anilines is 1. The van der Waals surface area contributed by atoms with Crippen molar-refractivity contribution in [3.63, 3.8) is 0 Å². The summed E-state index contributed by atoms with van der Waals surface area (Å²) in [6.07, 6.45) is 5.36. The maximum atomic E-state index is 12.6. The highest BCUT2D eigenvalue weighted by molar-refractivity contribution is 5.81. The summed E-state index contributed by atoms with van der Waals surface area (Å²) in [6.45, 7) is 3.36. The second-order valence-electron chi connectivity index (χ2n) is 7.03. The molecule has 1 amide bonds. The fourth-order valence-electron chi connectivity index (χ4n) is 3.57. The van der Waals surface area contributed by atoms with Gasteiger partial charge in [-0.05, 0) is 25.5 Å². The van der Waals surface area contributed by atoms with Crippen LogP contribution in [-0.2, 0) is 4.79 Å². The van der Waals surface area contributed by atoms with Gasteiger partial charge in [-0.3, -0.25) is 9.20 Å². The minimum absolute atomic E-state index is 0.00952. The molecule has 3 aromatic rings. The largest absolute Gasteiger partial charge is 0.481 e. The van der Waals surface area contributed by atoms with Gasteiger partial charge in [-0.15, -0.1) is 10.2 Å². The van der Waals surface area contributed by atoms with Crippen LogP contribution >= 0.6 is 0 Å². The highest BCUT2D eigenvalue weighted by Gasteiger charge is 2.28. The molecule has 10 nitrogen and oxygen atoms in total. The number of nitrogens with one attached hydrogen (secondary N) is 1. The van der Waals surface area contributed by atoms with E-state index >= 15 is 0 Å². The Kier molecular flexibility index (Phi) is 4.30. The second kappa shape index (κ2) is 7.12. The van der Waals surface area contributed by atoms with Crippen LogP contribution in [-0.4, -0.2) is 57.5 Å². The van der Waals surface area contributed by atoms with Crippen molar-refractivity contribution in [2.75, 3.05) is 24.8 Å². The first-order chi connectivity index (χ1) is 14.2. The van der Waals surface area contributed by atoms with E-state index in [-0.39, 0.29) is 18.7 Å². The van der Waals surface area contributed by atoms with Crippen LogP contribution < -0.4 is 24.4 Å². The zero-order valence-corrected chi connectivity index (χ0v) is 15.8. The van der Waals surface area contributed by atoms with Gasteiger partial charge in [0.05, 0.1) is 0 Å². The molecule has 2 atom stereocenters. The zero-order chi connectivity index (χ0) is 19.8. The van der Waals surface area contributed by atoms with E-state index in [1.165, 1.54) is 0 Å². The van der Waals surface area contributed by atoms with Crippen molar-refractivity contribution in [2.45, 2.75) is 25.5 Å². The second-order valence-corrected chi connectivity index (χ2v) is 7.03. The number of carbonyl (C=O) groups is 1. The van der Waals surface area contributed by atoms with Crippen molar-refractivity contribution in [2.24, 2.45) is 0 Å². The maximum Gasteiger partial charge on any atom is 0.261 e. The average Bonchev–Trinajstić information content (AvgIpc) is 3.47. The van der Waals surface area contributed by atoms with Gasteiger partial charge in [-0.2, -0.15) is 0 Å². The molecule has 0 radical (unpaired) electrons. The smallest absolute Gasteiger partial charge is 0.261 e. The summed E-state index contributed by atoms with van der Waals surface area (Å²) in [7, 11) is 0. The number of benzene rings is 1. The van der Waals surface area contributed by atoms with Crippen molar-refractivity contribution in [1.82, 2.24) is 24.9 Å². The lowest BCUT2D eigenvalue weighted by molar-refractivity contribution is -0.127. The highest BCUT2D eigenvalue weighted by Crippen LogP contribution is 2.35. The third-order valence-corrected chi connectivity index (χ3v) is 5.06. The Morgan fingerprint density at radius 3 is 3.17 bits per heavy atom. The van der Waals surface area contributed by atoms with Crippen LogP contribution in [0.2, 0.25) is 0 Å². The normalized spacial score (nSPS) is 18.8. The molecule has 150 valence electrons. The fraction of sp³-hybridized carbons (Fsp3) is 0.368. The Hall–Kier alpha value is -3.56. The molecule has 1 fully saturated rings. The molecule has 0 unspecified atom stereocenters. The molecular weight excluding hydrogens is 376 g/mol. The quantitative estimate of drug-likeness (QED) is 0.682. The summed E-state index contributed by atoms with van der Waals surface area (Å²) < 4.78 is 18.2. The summed E-state index contributed by atoms with van der Waals surface area (Å²) in [5.41, 5.74) is 0.707.